The standard InChI is InChI=1S/C20H14FN3O5/c21-12-3-5-14(15(8-12)24(27)28)16-6-4-13(29-16)9-22-23-19(25)17-10-1-2-11(7-10)18(17)20(23)26/h1-6,8-11,17-18H,7H2. The number of furan rings is 1. The van der Waals surface area contributed by atoms with E-state index in [1.54, 1.807) is 0 Å². The van der Waals surface area contributed by atoms with Crippen LogP contribution in [0.2, 0.25) is 0 Å². The van der Waals surface area contributed by atoms with Gasteiger partial charge in [-0.3, -0.25) is 19.7 Å². The van der Waals surface area contributed by atoms with Crippen molar-refractivity contribution in [2.45, 2.75) is 6.42 Å². The summed E-state index contributed by atoms with van der Waals surface area (Å²) >= 11 is 0. The highest BCUT2D eigenvalue weighted by molar-refractivity contribution is 6.06. The van der Waals surface area contributed by atoms with Gasteiger partial charge in [0.1, 0.15) is 17.3 Å². The molecule has 4 unspecified atom stereocenters. The Morgan fingerprint density at radius 2 is 1.83 bits per heavy atom. The Morgan fingerprint density at radius 3 is 2.48 bits per heavy atom. The molecule has 2 fully saturated rings. The van der Waals surface area contributed by atoms with Crippen LogP contribution in [0.1, 0.15) is 12.2 Å². The molecule has 3 aliphatic rings. The summed E-state index contributed by atoms with van der Waals surface area (Å²) in [6, 6.07) is 6.15. The number of fused-ring (bicyclic) bond motifs is 5. The predicted octanol–water partition coefficient (Wildman–Crippen LogP) is 3.13. The molecule has 0 spiro atoms. The minimum Gasteiger partial charge on any atom is -0.455 e. The van der Waals surface area contributed by atoms with Gasteiger partial charge in [-0.25, -0.2) is 4.39 Å². The topological polar surface area (TPSA) is 106 Å². The fourth-order valence-electron chi connectivity index (χ4n) is 4.55. The molecule has 0 N–H and O–H groups in total. The summed E-state index contributed by atoms with van der Waals surface area (Å²) in [5, 5.41) is 16.1. The maximum atomic E-state index is 13.3. The van der Waals surface area contributed by atoms with E-state index in [1.807, 2.05) is 12.2 Å². The number of carbonyl (C=O) groups is 2. The van der Waals surface area contributed by atoms with E-state index in [2.05, 4.69) is 5.10 Å². The number of halogens is 1. The minimum absolute atomic E-state index is 0.0934. The molecule has 1 saturated heterocycles. The Balaban J connectivity index is 1.39. The number of benzene rings is 1. The summed E-state index contributed by atoms with van der Waals surface area (Å²) in [6.07, 6.45) is 6.06. The fraction of sp³-hybridized carbons (Fsp3) is 0.250. The third-order valence-corrected chi connectivity index (χ3v) is 5.80. The highest BCUT2D eigenvalue weighted by Crippen LogP contribution is 2.52. The molecule has 1 aliphatic heterocycles. The molecule has 2 aromatic rings. The molecular formula is C20H14FN3O5. The van der Waals surface area contributed by atoms with E-state index in [0.717, 1.165) is 23.6 Å². The average Bonchev–Trinajstić information content (AvgIpc) is 3.46. The van der Waals surface area contributed by atoms with Gasteiger partial charge in [0, 0.05) is 0 Å². The smallest absolute Gasteiger partial charge is 0.283 e. The molecular weight excluding hydrogens is 381 g/mol. The number of amides is 2. The quantitative estimate of drug-likeness (QED) is 0.260. The number of carbonyl (C=O) groups excluding carboxylic acids is 2. The van der Waals surface area contributed by atoms with E-state index in [4.69, 9.17) is 4.42 Å². The van der Waals surface area contributed by atoms with Crippen molar-refractivity contribution in [1.29, 1.82) is 0 Å². The van der Waals surface area contributed by atoms with Crippen molar-refractivity contribution >= 4 is 23.7 Å². The molecule has 29 heavy (non-hydrogen) atoms. The molecule has 2 aliphatic carbocycles. The van der Waals surface area contributed by atoms with E-state index in [9.17, 15) is 24.1 Å². The highest BCUT2D eigenvalue weighted by atomic mass is 19.1. The van der Waals surface area contributed by atoms with Gasteiger partial charge in [0.25, 0.3) is 17.5 Å². The largest absolute Gasteiger partial charge is 0.455 e. The minimum atomic E-state index is -0.728. The third-order valence-electron chi connectivity index (χ3n) is 5.80. The van der Waals surface area contributed by atoms with E-state index in [1.165, 1.54) is 24.4 Å². The summed E-state index contributed by atoms with van der Waals surface area (Å²) in [6.45, 7) is 0. The first-order valence-electron chi connectivity index (χ1n) is 9.08. The van der Waals surface area contributed by atoms with Gasteiger partial charge in [0.15, 0.2) is 0 Å². The zero-order valence-corrected chi connectivity index (χ0v) is 14.9. The Morgan fingerprint density at radius 1 is 1.14 bits per heavy atom. The number of hydrogen-bond donors (Lipinski definition) is 0. The highest BCUT2D eigenvalue weighted by Gasteiger charge is 2.59. The lowest BCUT2D eigenvalue weighted by molar-refractivity contribution is -0.384. The van der Waals surface area contributed by atoms with Crippen LogP contribution in [0.4, 0.5) is 10.1 Å². The number of nitro groups is 1. The second-order valence-electron chi connectivity index (χ2n) is 7.35. The number of hydrogen-bond acceptors (Lipinski definition) is 6. The van der Waals surface area contributed by atoms with Crippen LogP contribution >= 0.6 is 0 Å². The van der Waals surface area contributed by atoms with Crippen LogP contribution in [0.15, 0.2) is 52.0 Å². The van der Waals surface area contributed by atoms with Crippen LogP contribution in [0.25, 0.3) is 11.3 Å². The molecule has 2 amide bonds. The van der Waals surface area contributed by atoms with Gasteiger partial charge in [0.2, 0.25) is 0 Å². The second kappa shape index (κ2) is 6.20. The van der Waals surface area contributed by atoms with Crippen molar-refractivity contribution in [3.8, 4) is 11.3 Å². The predicted molar refractivity (Wildman–Crippen MR) is 97.9 cm³/mol. The fourth-order valence-corrected chi connectivity index (χ4v) is 4.55. The summed E-state index contributed by atoms with van der Waals surface area (Å²) in [7, 11) is 0. The molecule has 2 bridgehead atoms. The van der Waals surface area contributed by atoms with E-state index >= 15 is 0 Å². The van der Waals surface area contributed by atoms with Crippen LogP contribution in [0.3, 0.4) is 0 Å². The van der Waals surface area contributed by atoms with Crippen molar-refractivity contribution in [3.05, 3.63) is 64.2 Å². The van der Waals surface area contributed by atoms with Crippen LogP contribution in [0, 0.1) is 39.6 Å². The molecule has 1 aromatic carbocycles. The zero-order chi connectivity index (χ0) is 20.3. The summed E-state index contributed by atoms with van der Waals surface area (Å²) in [4.78, 5) is 35.7. The first kappa shape index (κ1) is 17.5. The molecule has 5 rings (SSSR count). The Hall–Kier alpha value is -3.62. The lowest BCUT2D eigenvalue weighted by Gasteiger charge is -2.13. The number of rotatable bonds is 4. The number of hydrazone groups is 1. The number of nitro benzene ring substituents is 1. The molecule has 146 valence electrons. The molecule has 2 heterocycles. The summed E-state index contributed by atoms with van der Waals surface area (Å²) in [5.74, 6) is -1.50. The Bertz CT molecular complexity index is 1090. The van der Waals surface area contributed by atoms with Gasteiger partial charge in [0.05, 0.1) is 34.6 Å². The number of allylic oxidation sites excluding steroid dienone is 2. The Kier molecular flexibility index (Phi) is 3.73. The van der Waals surface area contributed by atoms with Crippen molar-refractivity contribution in [2.75, 3.05) is 0 Å². The second-order valence-corrected chi connectivity index (χ2v) is 7.35. The van der Waals surface area contributed by atoms with Gasteiger partial charge < -0.3 is 4.42 Å². The van der Waals surface area contributed by atoms with Gasteiger partial charge in [-0.2, -0.15) is 10.1 Å². The molecule has 4 atom stereocenters. The summed E-state index contributed by atoms with van der Waals surface area (Å²) < 4.78 is 18.9. The van der Waals surface area contributed by atoms with Crippen molar-refractivity contribution in [1.82, 2.24) is 5.01 Å². The molecule has 9 heteroatoms. The summed E-state index contributed by atoms with van der Waals surface area (Å²) in [5.41, 5.74) is -0.315. The van der Waals surface area contributed by atoms with E-state index in [-0.39, 0.29) is 52.6 Å². The van der Waals surface area contributed by atoms with Gasteiger partial charge in [-0.05, 0) is 42.5 Å². The average molecular weight is 395 g/mol. The SMILES string of the molecule is O=C1C2C3C=CC(C3)C2C(=O)N1N=Cc1ccc(-c2ccc(F)cc2[N+](=O)[O-])o1. The first-order valence-corrected chi connectivity index (χ1v) is 9.08. The Labute approximate surface area is 163 Å². The van der Waals surface area contributed by atoms with Crippen LogP contribution in [0.5, 0.6) is 0 Å². The zero-order valence-electron chi connectivity index (χ0n) is 14.9. The van der Waals surface area contributed by atoms with Gasteiger partial charge in [-0.1, -0.05) is 12.2 Å². The number of imide groups is 1. The molecule has 1 aromatic heterocycles. The number of nitrogens with zero attached hydrogens (tertiary/aromatic N) is 3. The lowest BCUT2D eigenvalue weighted by atomic mass is 9.85. The van der Waals surface area contributed by atoms with Crippen LogP contribution in [-0.2, 0) is 9.59 Å². The maximum Gasteiger partial charge on any atom is 0.283 e. The molecule has 0 radical (unpaired) electrons. The van der Waals surface area contributed by atoms with Crippen LogP contribution in [-0.4, -0.2) is 28.0 Å². The maximum absolute atomic E-state index is 13.3. The van der Waals surface area contributed by atoms with E-state index < -0.39 is 16.4 Å². The lowest BCUT2D eigenvalue weighted by Crippen LogP contribution is -2.28. The van der Waals surface area contributed by atoms with Crippen molar-refractivity contribution < 1.29 is 23.3 Å². The normalized spacial score (nSPS) is 27.4. The first-order chi connectivity index (χ1) is 13.9. The van der Waals surface area contributed by atoms with Gasteiger partial charge in [-0.15, -0.1) is 0 Å². The van der Waals surface area contributed by atoms with Crippen molar-refractivity contribution in [2.24, 2.45) is 28.8 Å². The van der Waals surface area contributed by atoms with E-state index in [0.29, 0.717) is 0 Å². The molecule has 8 nitrogen and oxygen atoms in total. The molecule has 1 saturated carbocycles. The third kappa shape index (κ3) is 2.61. The van der Waals surface area contributed by atoms with Crippen LogP contribution < -0.4 is 0 Å². The monoisotopic (exact) mass is 395 g/mol. The van der Waals surface area contributed by atoms with Gasteiger partial charge >= 0.3 is 0 Å². The van der Waals surface area contributed by atoms with Crippen molar-refractivity contribution in [3.63, 3.8) is 0 Å².